The summed E-state index contributed by atoms with van der Waals surface area (Å²) in [4.78, 5) is 0. The lowest BCUT2D eigenvalue weighted by atomic mass is 9.75. The molecule has 1 unspecified atom stereocenters. The van der Waals surface area contributed by atoms with Crippen LogP contribution in [0.5, 0.6) is 0 Å². The summed E-state index contributed by atoms with van der Waals surface area (Å²) in [6, 6.07) is 10.1. The van der Waals surface area contributed by atoms with Crippen molar-refractivity contribution in [3.8, 4) is 0 Å². The minimum absolute atomic E-state index is 0.356. The molecule has 0 heterocycles. The molecule has 0 radical (unpaired) electrons. The van der Waals surface area contributed by atoms with E-state index in [4.69, 9.17) is 0 Å². The summed E-state index contributed by atoms with van der Waals surface area (Å²) in [5, 5.41) is 10.9. The van der Waals surface area contributed by atoms with Crippen LogP contribution in [0.1, 0.15) is 52.0 Å². The third-order valence-electron chi connectivity index (χ3n) is 3.57. The van der Waals surface area contributed by atoms with Gasteiger partial charge in [0.15, 0.2) is 0 Å². The van der Waals surface area contributed by atoms with Gasteiger partial charge in [0.1, 0.15) is 0 Å². The molecule has 0 aliphatic carbocycles. The predicted octanol–water partition coefficient (Wildman–Crippen LogP) is 4.11. The van der Waals surface area contributed by atoms with Crippen molar-refractivity contribution in [3.63, 3.8) is 0 Å². The molecule has 1 atom stereocenters. The van der Waals surface area contributed by atoms with Crippen LogP contribution in [0, 0.1) is 5.92 Å². The monoisotopic (exact) mass is 220 g/mol. The van der Waals surface area contributed by atoms with Crippen molar-refractivity contribution in [2.24, 2.45) is 5.92 Å². The Kier molecular flexibility index (Phi) is 5.01. The Bertz CT molecular complexity index is 290. The molecule has 0 spiro atoms. The molecule has 0 saturated heterocycles. The molecule has 90 valence electrons. The fourth-order valence-electron chi connectivity index (χ4n) is 2.66. The van der Waals surface area contributed by atoms with Gasteiger partial charge < -0.3 is 5.11 Å². The topological polar surface area (TPSA) is 20.2 Å². The van der Waals surface area contributed by atoms with Crippen molar-refractivity contribution < 1.29 is 5.11 Å². The number of benzene rings is 1. The first-order valence-electron chi connectivity index (χ1n) is 6.46. The standard InChI is InChI=1S/C15H24O/c1-4-12-15(16,13(5-2)6-3)14-10-8-7-9-11-14/h7-11,13,16H,4-6,12H2,1-3H3. The second-order valence-electron chi connectivity index (χ2n) is 4.55. The highest BCUT2D eigenvalue weighted by Gasteiger charge is 2.35. The maximum atomic E-state index is 10.9. The van der Waals surface area contributed by atoms with Crippen molar-refractivity contribution in [1.82, 2.24) is 0 Å². The van der Waals surface area contributed by atoms with E-state index in [0.29, 0.717) is 5.92 Å². The normalized spacial score (nSPS) is 15.1. The molecular formula is C15H24O. The van der Waals surface area contributed by atoms with Crippen molar-refractivity contribution in [2.45, 2.75) is 52.1 Å². The van der Waals surface area contributed by atoms with Crippen LogP contribution in [0.4, 0.5) is 0 Å². The quantitative estimate of drug-likeness (QED) is 0.765. The third-order valence-corrected chi connectivity index (χ3v) is 3.57. The van der Waals surface area contributed by atoms with Crippen LogP contribution in [0.3, 0.4) is 0 Å². The average molecular weight is 220 g/mol. The molecule has 0 fully saturated rings. The lowest BCUT2D eigenvalue weighted by Gasteiger charge is -2.36. The molecule has 1 nitrogen and oxygen atoms in total. The van der Waals surface area contributed by atoms with E-state index in [-0.39, 0.29) is 0 Å². The summed E-state index contributed by atoms with van der Waals surface area (Å²) in [6.07, 6.45) is 3.93. The number of rotatable bonds is 6. The zero-order chi connectivity index (χ0) is 12.0. The van der Waals surface area contributed by atoms with E-state index in [1.807, 2.05) is 30.3 Å². The van der Waals surface area contributed by atoms with E-state index >= 15 is 0 Å². The van der Waals surface area contributed by atoms with E-state index in [9.17, 15) is 5.11 Å². The molecular weight excluding hydrogens is 196 g/mol. The highest BCUT2D eigenvalue weighted by atomic mass is 16.3. The summed E-state index contributed by atoms with van der Waals surface area (Å²) in [6.45, 7) is 6.46. The summed E-state index contributed by atoms with van der Waals surface area (Å²) in [5.74, 6) is 0.356. The molecule has 0 bridgehead atoms. The predicted molar refractivity (Wildman–Crippen MR) is 69.3 cm³/mol. The Labute approximate surface area is 99.5 Å². The largest absolute Gasteiger partial charge is 0.385 e. The molecule has 0 amide bonds. The van der Waals surface area contributed by atoms with Gasteiger partial charge in [0.25, 0.3) is 0 Å². The fourth-order valence-corrected chi connectivity index (χ4v) is 2.66. The molecule has 0 aliphatic rings. The SMILES string of the molecule is CCCC(O)(c1ccccc1)C(CC)CC. The summed E-state index contributed by atoms with van der Waals surface area (Å²) in [7, 11) is 0. The maximum Gasteiger partial charge on any atom is 0.0924 e. The molecule has 1 rings (SSSR count). The fraction of sp³-hybridized carbons (Fsp3) is 0.600. The van der Waals surface area contributed by atoms with Crippen molar-refractivity contribution >= 4 is 0 Å². The van der Waals surface area contributed by atoms with Gasteiger partial charge in [0.05, 0.1) is 5.60 Å². The van der Waals surface area contributed by atoms with E-state index < -0.39 is 5.60 Å². The summed E-state index contributed by atoms with van der Waals surface area (Å²) < 4.78 is 0. The van der Waals surface area contributed by atoms with Crippen LogP contribution in [0.15, 0.2) is 30.3 Å². The van der Waals surface area contributed by atoms with Gasteiger partial charge in [-0.05, 0) is 17.9 Å². The van der Waals surface area contributed by atoms with Gasteiger partial charge in [0, 0.05) is 0 Å². The number of aliphatic hydroxyl groups is 1. The van der Waals surface area contributed by atoms with Gasteiger partial charge >= 0.3 is 0 Å². The third kappa shape index (κ3) is 2.65. The van der Waals surface area contributed by atoms with Crippen LogP contribution in [0.2, 0.25) is 0 Å². The molecule has 1 aromatic carbocycles. The van der Waals surface area contributed by atoms with Crippen LogP contribution in [-0.4, -0.2) is 5.11 Å². The Hall–Kier alpha value is -0.820. The van der Waals surface area contributed by atoms with Crippen molar-refractivity contribution in [2.75, 3.05) is 0 Å². The Morgan fingerprint density at radius 2 is 1.62 bits per heavy atom. The van der Waals surface area contributed by atoms with Crippen LogP contribution < -0.4 is 0 Å². The minimum Gasteiger partial charge on any atom is -0.385 e. The molecule has 0 aromatic heterocycles. The summed E-state index contributed by atoms with van der Waals surface area (Å²) >= 11 is 0. The van der Waals surface area contributed by atoms with E-state index in [0.717, 1.165) is 31.2 Å². The minimum atomic E-state index is -0.639. The zero-order valence-electron chi connectivity index (χ0n) is 10.7. The van der Waals surface area contributed by atoms with E-state index in [2.05, 4.69) is 20.8 Å². The average Bonchev–Trinajstić information content (AvgIpc) is 2.32. The molecule has 16 heavy (non-hydrogen) atoms. The van der Waals surface area contributed by atoms with E-state index in [1.54, 1.807) is 0 Å². The number of hydrogen-bond acceptors (Lipinski definition) is 1. The lowest BCUT2D eigenvalue weighted by molar-refractivity contribution is -0.0361. The Morgan fingerprint density at radius 1 is 1.06 bits per heavy atom. The van der Waals surface area contributed by atoms with Crippen molar-refractivity contribution in [3.05, 3.63) is 35.9 Å². The van der Waals surface area contributed by atoms with Gasteiger partial charge in [-0.3, -0.25) is 0 Å². The Morgan fingerprint density at radius 3 is 2.06 bits per heavy atom. The van der Waals surface area contributed by atoms with Gasteiger partial charge in [-0.15, -0.1) is 0 Å². The smallest absolute Gasteiger partial charge is 0.0924 e. The van der Waals surface area contributed by atoms with Crippen LogP contribution >= 0.6 is 0 Å². The van der Waals surface area contributed by atoms with Gasteiger partial charge in [-0.1, -0.05) is 70.4 Å². The molecule has 0 aliphatic heterocycles. The highest BCUT2D eigenvalue weighted by Crippen LogP contribution is 2.37. The highest BCUT2D eigenvalue weighted by molar-refractivity contribution is 5.23. The molecule has 0 saturated carbocycles. The molecule has 1 heteroatoms. The van der Waals surface area contributed by atoms with Crippen LogP contribution in [0.25, 0.3) is 0 Å². The van der Waals surface area contributed by atoms with Gasteiger partial charge in [0.2, 0.25) is 0 Å². The number of hydrogen-bond donors (Lipinski definition) is 1. The summed E-state index contributed by atoms with van der Waals surface area (Å²) in [5.41, 5.74) is 0.435. The molecule has 1 N–H and O–H groups in total. The first-order chi connectivity index (χ1) is 7.69. The Balaban J connectivity index is 3.05. The van der Waals surface area contributed by atoms with E-state index in [1.165, 1.54) is 0 Å². The van der Waals surface area contributed by atoms with Crippen molar-refractivity contribution in [1.29, 1.82) is 0 Å². The first kappa shape index (κ1) is 13.2. The van der Waals surface area contributed by atoms with Gasteiger partial charge in [-0.2, -0.15) is 0 Å². The second-order valence-corrected chi connectivity index (χ2v) is 4.55. The lowest BCUT2D eigenvalue weighted by Crippen LogP contribution is -2.34. The maximum absolute atomic E-state index is 10.9. The molecule has 1 aromatic rings. The van der Waals surface area contributed by atoms with Crippen LogP contribution in [-0.2, 0) is 5.60 Å². The zero-order valence-corrected chi connectivity index (χ0v) is 10.7. The first-order valence-corrected chi connectivity index (χ1v) is 6.46. The van der Waals surface area contributed by atoms with Gasteiger partial charge in [-0.25, -0.2) is 0 Å². The second kappa shape index (κ2) is 6.05.